The van der Waals surface area contributed by atoms with Crippen molar-refractivity contribution in [1.82, 2.24) is 9.62 Å². The van der Waals surface area contributed by atoms with Crippen LogP contribution < -0.4 is 14.2 Å². The van der Waals surface area contributed by atoms with Crippen LogP contribution in [0.1, 0.15) is 25.8 Å². The summed E-state index contributed by atoms with van der Waals surface area (Å²) in [6.07, 6.45) is 1.60. The van der Waals surface area contributed by atoms with Gasteiger partial charge in [-0.05, 0) is 51.1 Å². The van der Waals surface area contributed by atoms with Crippen molar-refractivity contribution in [3.05, 3.63) is 48.0 Å². The molecule has 2 aliphatic heterocycles. The van der Waals surface area contributed by atoms with Crippen molar-refractivity contribution in [3.63, 3.8) is 0 Å². The van der Waals surface area contributed by atoms with Gasteiger partial charge in [0.25, 0.3) is 0 Å². The van der Waals surface area contributed by atoms with Crippen molar-refractivity contribution in [1.29, 1.82) is 0 Å². The number of fused-ring (bicyclic) bond motifs is 1. The van der Waals surface area contributed by atoms with Crippen LogP contribution in [0, 0.1) is 0 Å². The normalized spacial score (nSPS) is 20.7. The number of para-hydroxylation sites is 1. The second-order valence-electron chi connectivity index (χ2n) is 8.54. The summed E-state index contributed by atoms with van der Waals surface area (Å²) in [6.45, 7) is 6.77. The van der Waals surface area contributed by atoms with Gasteiger partial charge in [0.15, 0.2) is 11.5 Å². The van der Waals surface area contributed by atoms with Gasteiger partial charge in [0.2, 0.25) is 10.0 Å². The smallest absolute Gasteiger partial charge is 0.240 e. The summed E-state index contributed by atoms with van der Waals surface area (Å²) >= 11 is 0. The standard InChI is InChI=1S/C22H28N2O5S/c1-22(2)14-16-5-3-8-20(21(16)29-22)28-12-11-24-10-9-17(15-24)23-30(26,27)19-7-4-6-18(25)13-19/h3-8,13,17,23,25H,9-12,14-15H2,1-2H3. The minimum atomic E-state index is -3.66. The first-order chi connectivity index (χ1) is 14.2. The van der Waals surface area contributed by atoms with Gasteiger partial charge in [-0.25, -0.2) is 13.1 Å². The summed E-state index contributed by atoms with van der Waals surface area (Å²) in [7, 11) is -3.66. The number of ether oxygens (including phenoxy) is 2. The van der Waals surface area contributed by atoms with Gasteiger partial charge in [0.05, 0.1) is 4.90 Å². The first kappa shape index (κ1) is 21.0. The minimum Gasteiger partial charge on any atom is -0.508 e. The topological polar surface area (TPSA) is 88.1 Å². The average Bonchev–Trinajstić information content (AvgIpc) is 3.24. The predicted molar refractivity (Wildman–Crippen MR) is 114 cm³/mol. The molecule has 0 radical (unpaired) electrons. The van der Waals surface area contributed by atoms with Crippen LogP contribution in [0.15, 0.2) is 47.4 Å². The third kappa shape index (κ3) is 4.71. The van der Waals surface area contributed by atoms with E-state index in [0.717, 1.165) is 30.9 Å². The van der Waals surface area contributed by atoms with E-state index >= 15 is 0 Å². The van der Waals surface area contributed by atoms with Crippen LogP contribution in [-0.2, 0) is 16.4 Å². The summed E-state index contributed by atoms with van der Waals surface area (Å²) in [5, 5.41) is 9.53. The van der Waals surface area contributed by atoms with Crippen molar-refractivity contribution >= 4 is 10.0 Å². The molecule has 7 nitrogen and oxygen atoms in total. The van der Waals surface area contributed by atoms with Crippen LogP contribution in [0.25, 0.3) is 0 Å². The highest BCUT2D eigenvalue weighted by Crippen LogP contribution is 2.41. The largest absolute Gasteiger partial charge is 0.508 e. The number of benzene rings is 2. The Morgan fingerprint density at radius 2 is 2.07 bits per heavy atom. The molecule has 2 aliphatic rings. The molecule has 0 aromatic heterocycles. The van der Waals surface area contributed by atoms with Crippen LogP contribution in [0.4, 0.5) is 0 Å². The van der Waals surface area contributed by atoms with Gasteiger partial charge in [-0.15, -0.1) is 0 Å². The molecule has 1 atom stereocenters. The highest BCUT2D eigenvalue weighted by atomic mass is 32.2. The van der Waals surface area contributed by atoms with Gasteiger partial charge in [-0.1, -0.05) is 18.2 Å². The fourth-order valence-corrected chi connectivity index (χ4v) is 5.36. The van der Waals surface area contributed by atoms with Gasteiger partial charge in [-0.3, -0.25) is 4.90 Å². The number of hydrogen-bond acceptors (Lipinski definition) is 6. The maximum atomic E-state index is 12.5. The number of hydrogen-bond donors (Lipinski definition) is 2. The highest BCUT2D eigenvalue weighted by Gasteiger charge is 2.32. The number of nitrogens with zero attached hydrogens (tertiary/aromatic N) is 1. The van der Waals surface area contributed by atoms with Crippen molar-refractivity contribution < 1.29 is 23.0 Å². The zero-order valence-corrected chi connectivity index (χ0v) is 18.1. The number of likely N-dealkylation sites (tertiary alicyclic amines) is 1. The molecule has 0 saturated carbocycles. The maximum absolute atomic E-state index is 12.5. The average molecular weight is 433 g/mol. The Labute approximate surface area is 177 Å². The summed E-state index contributed by atoms with van der Waals surface area (Å²) in [6, 6.07) is 11.5. The van der Waals surface area contributed by atoms with E-state index in [0.29, 0.717) is 19.7 Å². The Bertz CT molecular complexity index is 1020. The SMILES string of the molecule is CC1(C)Cc2cccc(OCCN3CCC(NS(=O)(=O)c4cccc(O)c4)C3)c2O1. The Kier molecular flexibility index (Phi) is 5.65. The van der Waals surface area contributed by atoms with Crippen molar-refractivity contribution in [3.8, 4) is 17.2 Å². The van der Waals surface area contributed by atoms with Crippen LogP contribution in [-0.4, -0.2) is 56.3 Å². The lowest BCUT2D eigenvalue weighted by atomic mass is 10.0. The monoisotopic (exact) mass is 432 g/mol. The minimum absolute atomic E-state index is 0.0668. The van der Waals surface area contributed by atoms with E-state index in [2.05, 4.69) is 29.5 Å². The molecule has 0 amide bonds. The summed E-state index contributed by atoms with van der Waals surface area (Å²) in [5.41, 5.74) is 0.955. The van der Waals surface area contributed by atoms with Crippen LogP contribution >= 0.6 is 0 Å². The molecule has 0 spiro atoms. The first-order valence-electron chi connectivity index (χ1n) is 10.2. The molecule has 2 aromatic rings. The maximum Gasteiger partial charge on any atom is 0.240 e. The molecule has 2 heterocycles. The molecule has 0 bridgehead atoms. The zero-order chi connectivity index (χ0) is 21.4. The first-order valence-corrected chi connectivity index (χ1v) is 11.7. The number of phenolic OH excluding ortho intramolecular Hbond substituents is 1. The lowest BCUT2D eigenvalue weighted by molar-refractivity contribution is 0.130. The van der Waals surface area contributed by atoms with E-state index in [1.54, 1.807) is 0 Å². The Hall–Kier alpha value is -2.29. The van der Waals surface area contributed by atoms with Crippen LogP contribution in [0.5, 0.6) is 17.2 Å². The third-order valence-corrected chi connectivity index (χ3v) is 6.96. The van der Waals surface area contributed by atoms with Crippen molar-refractivity contribution in [2.75, 3.05) is 26.2 Å². The van der Waals surface area contributed by atoms with E-state index < -0.39 is 10.0 Å². The van der Waals surface area contributed by atoms with Crippen LogP contribution in [0.3, 0.4) is 0 Å². The highest BCUT2D eigenvalue weighted by molar-refractivity contribution is 7.89. The van der Waals surface area contributed by atoms with Gasteiger partial charge in [0, 0.05) is 31.1 Å². The molecule has 8 heteroatoms. The molecular weight excluding hydrogens is 404 g/mol. The Morgan fingerprint density at radius 3 is 2.87 bits per heavy atom. The molecule has 1 unspecified atom stereocenters. The number of rotatable bonds is 7. The molecular formula is C22H28N2O5S. The predicted octanol–water partition coefficient (Wildman–Crippen LogP) is 2.54. The number of phenols is 1. The number of aromatic hydroxyl groups is 1. The number of nitrogens with one attached hydrogen (secondary N) is 1. The van der Waals surface area contributed by atoms with Crippen molar-refractivity contribution in [2.45, 2.75) is 43.2 Å². The lowest BCUT2D eigenvalue weighted by Gasteiger charge is -2.19. The summed E-state index contributed by atoms with van der Waals surface area (Å²) in [4.78, 5) is 2.26. The van der Waals surface area contributed by atoms with Gasteiger partial charge >= 0.3 is 0 Å². The Balaban J connectivity index is 1.28. The molecule has 2 aromatic carbocycles. The third-order valence-electron chi connectivity index (χ3n) is 5.44. The fraction of sp³-hybridized carbons (Fsp3) is 0.455. The lowest BCUT2D eigenvalue weighted by Crippen LogP contribution is -2.37. The number of sulfonamides is 1. The van der Waals surface area contributed by atoms with Crippen molar-refractivity contribution in [2.24, 2.45) is 0 Å². The second-order valence-corrected chi connectivity index (χ2v) is 10.3. The molecule has 2 N–H and O–H groups in total. The molecule has 162 valence electrons. The summed E-state index contributed by atoms with van der Waals surface area (Å²) in [5.74, 6) is 1.53. The van der Waals surface area contributed by atoms with E-state index in [9.17, 15) is 13.5 Å². The van der Waals surface area contributed by atoms with Gasteiger partial charge in [0.1, 0.15) is 18.0 Å². The van der Waals surface area contributed by atoms with E-state index in [1.165, 1.54) is 29.8 Å². The van der Waals surface area contributed by atoms with E-state index in [-0.39, 0.29) is 22.3 Å². The molecule has 4 rings (SSSR count). The van der Waals surface area contributed by atoms with Gasteiger partial charge in [-0.2, -0.15) is 0 Å². The molecule has 1 fully saturated rings. The fourth-order valence-electron chi connectivity index (χ4n) is 4.06. The second kappa shape index (κ2) is 8.09. The van der Waals surface area contributed by atoms with Crippen LogP contribution in [0.2, 0.25) is 0 Å². The Morgan fingerprint density at radius 1 is 1.27 bits per heavy atom. The quantitative estimate of drug-likeness (QED) is 0.699. The zero-order valence-electron chi connectivity index (χ0n) is 17.3. The van der Waals surface area contributed by atoms with Gasteiger partial charge < -0.3 is 14.6 Å². The van der Waals surface area contributed by atoms with E-state index in [4.69, 9.17) is 9.47 Å². The molecule has 1 saturated heterocycles. The molecule has 0 aliphatic carbocycles. The summed E-state index contributed by atoms with van der Waals surface area (Å²) < 4.78 is 39.8. The van der Waals surface area contributed by atoms with E-state index in [1.807, 2.05) is 12.1 Å². The molecule has 30 heavy (non-hydrogen) atoms.